The zero-order chi connectivity index (χ0) is 24.0. The first kappa shape index (κ1) is 22.7. The number of anilines is 2. The highest BCUT2D eigenvalue weighted by molar-refractivity contribution is 9.10. The van der Waals surface area contributed by atoms with Gasteiger partial charge in [0.15, 0.2) is 5.65 Å². The van der Waals surface area contributed by atoms with Crippen LogP contribution in [0.4, 0.5) is 20.3 Å². The largest absolute Gasteiger partial charge is 0.383 e. The van der Waals surface area contributed by atoms with E-state index < -0.39 is 26.6 Å². The van der Waals surface area contributed by atoms with Crippen LogP contribution < -0.4 is 10.5 Å². The monoisotopic (exact) mass is 548 g/mol. The Labute approximate surface area is 202 Å². The zero-order valence-electron chi connectivity index (χ0n) is 17.7. The molecule has 176 valence electrons. The topological polar surface area (TPSA) is 116 Å². The van der Waals surface area contributed by atoms with E-state index in [1.54, 1.807) is 0 Å². The molecule has 0 radical (unpaired) electrons. The van der Waals surface area contributed by atoms with Gasteiger partial charge < -0.3 is 5.73 Å². The molecule has 0 spiro atoms. The summed E-state index contributed by atoms with van der Waals surface area (Å²) in [6, 6.07) is 7.61. The number of hydrogen-bond acceptors (Lipinski definition) is 6. The van der Waals surface area contributed by atoms with Gasteiger partial charge in [-0.05, 0) is 43.2 Å². The summed E-state index contributed by atoms with van der Waals surface area (Å²) in [6.07, 6.45) is 5.46. The van der Waals surface area contributed by atoms with Gasteiger partial charge in [-0.3, -0.25) is 4.72 Å². The van der Waals surface area contributed by atoms with Crippen molar-refractivity contribution in [2.75, 3.05) is 10.5 Å². The number of halogens is 3. The number of hydrogen-bond donors (Lipinski definition) is 2. The van der Waals surface area contributed by atoms with E-state index >= 15 is 4.39 Å². The minimum Gasteiger partial charge on any atom is -0.383 e. The average Bonchev–Trinajstić information content (AvgIpc) is 3.43. The smallest absolute Gasteiger partial charge is 0.264 e. The molecule has 0 bridgehead atoms. The van der Waals surface area contributed by atoms with Crippen molar-refractivity contribution in [1.82, 2.24) is 19.7 Å². The first-order valence-corrected chi connectivity index (χ1v) is 12.8. The van der Waals surface area contributed by atoms with Crippen LogP contribution in [0.2, 0.25) is 0 Å². The number of benzene rings is 2. The van der Waals surface area contributed by atoms with Crippen molar-refractivity contribution in [2.24, 2.45) is 0 Å². The standard InChI is InChI=1S/C22H19BrF2N6O2S/c23-13-6-8-18(16(25)10-13)34(32,33)30-17-7-5-12(9-15(17)24)20-19-21(26)27-11-28-22(19)31(29-20)14-3-1-2-4-14/h5-11,14,30H,1-4H2,(H2,26,27,28). The van der Waals surface area contributed by atoms with E-state index in [9.17, 15) is 12.8 Å². The normalized spacial score (nSPS) is 14.7. The second-order valence-corrected chi connectivity index (χ2v) is 10.6. The number of nitrogens with zero attached hydrogens (tertiary/aromatic N) is 4. The van der Waals surface area contributed by atoms with Crippen molar-refractivity contribution in [3.05, 3.63) is 58.8 Å². The lowest BCUT2D eigenvalue weighted by atomic mass is 10.1. The van der Waals surface area contributed by atoms with Crippen molar-refractivity contribution >= 4 is 48.5 Å². The van der Waals surface area contributed by atoms with Gasteiger partial charge in [-0.1, -0.05) is 34.8 Å². The van der Waals surface area contributed by atoms with Crippen LogP contribution in [0.15, 0.2) is 52.1 Å². The molecule has 2 aromatic heterocycles. The van der Waals surface area contributed by atoms with Crippen LogP contribution in [-0.2, 0) is 10.0 Å². The molecule has 1 aliphatic carbocycles. The lowest BCUT2D eigenvalue weighted by molar-refractivity contribution is 0.479. The molecule has 1 aliphatic rings. The molecular formula is C22H19BrF2N6O2S. The van der Waals surface area contributed by atoms with Crippen LogP contribution in [0.1, 0.15) is 31.7 Å². The minimum absolute atomic E-state index is 0.169. The van der Waals surface area contributed by atoms with Gasteiger partial charge in [0.05, 0.1) is 17.1 Å². The zero-order valence-corrected chi connectivity index (χ0v) is 20.1. The molecule has 1 fully saturated rings. The third-order valence-electron chi connectivity index (χ3n) is 5.86. The number of nitrogen functional groups attached to an aromatic ring is 1. The van der Waals surface area contributed by atoms with E-state index in [2.05, 4.69) is 30.6 Å². The Bertz CT molecular complexity index is 1520. The molecule has 5 rings (SSSR count). The Kier molecular flexibility index (Phi) is 5.72. The summed E-state index contributed by atoms with van der Waals surface area (Å²) in [5.74, 6) is -1.59. The summed E-state index contributed by atoms with van der Waals surface area (Å²) < 4.78 is 58.8. The van der Waals surface area contributed by atoms with E-state index in [0.717, 1.165) is 43.9 Å². The minimum atomic E-state index is -4.35. The highest BCUT2D eigenvalue weighted by Crippen LogP contribution is 2.37. The molecule has 0 saturated heterocycles. The van der Waals surface area contributed by atoms with E-state index in [1.165, 1.54) is 24.5 Å². The Balaban J connectivity index is 1.53. The van der Waals surface area contributed by atoms with E-state index in [1.807, 2.05) is 4.68 Å². The van der Waals surface area contributed by atoms with Crippen LogP contribution in [0, 0.1) is 11.6 Å². The molecule has 12 heteroatoms. The predicted octanol–water partition coefficient (Wildman–Crippen LogP) is 5.03. The average molecular weight is 549 g/mol. The molecule has 3 N–H and O–H groups in total. The predicted molar refractivity (Wildman–Crippen MR) is 128 cm³/mol. The third-order valence-corrected chi connectivity index (χ3v) is 7.75. The third kappa shape index (κ3) is 4.00. The summed E-state index contributed by atoms with van der Waals surface area (Å²) in [5, 5.41) is 5.20. The Morgan fingerprint density at radius 1 is 1.06 bits per heavy atom. The summed E-state index contributed by atoms with van der Waals surface area (Å²) in [7, 11) is -4.35. The SMILES string of the molecule is Nc1ncnc2c1c(-c1ccc(NS(=O)(=O)c3ccc(Br)cc3F)c(F)c1)nn2C1CCCC1. The number of fused-ring (bicyclic) bond motifs is 1. The van der Waals surface area contributed by atoms with E-state index in [0.29, 0.717) is 26.8 Å². The quantitative estimate of drug-likeness (QED) is 0.361. The highest BCUT2D eigenvalue weighted by Gasteiger charge is 2.26. The number of rotatable bonds is 5. The number of nitrogens with one attached hydrogen (secondary N) is 1. The molecule has 34 heavy (non-hydrogen) atoms. The molecule has 1 saturated carbocycles. The van der Waals surface area contributed by atoms with Gasteiger partial charge in [0.1, 0.15) is 34.4 Å². The molecule has 0 aliphatic heterocycles. The van der Waals surface area contributed by atoms with Gasteiger partial charge in [0.2, 0.25) is 0 Å². The highest BCUT2D eigenvalue weighted by atomic mass is 79.9. The lowest BCUT2D eigenvalue weighted by Gasteiger charge is -2.11. The second-order valence-electron chi connectivity index (χ2n) is 8.06. The lowest BCUT2D eigenvalue weighted by Crippen LogP contribution is -2.15. The fraction of sp³-hybridized carbons (Fsp3) is 0.227. The van der Waals surface area contributed by atoms with Crippen molar-refractivity contribution < 1.29 is 17.2 Å². The van der Waals surface area contributed by atoms with Crippen LogP contribution in [-0.4, -0.2) is 28.2 Å². The van der Waals surface area contributed by atoms with Gasteiger partial charge in [-0.2, -0.15) is 5.10 Å². The number of aromatic nitrogens is 4. The fourth-order valence-electron chi connectivity index (χ4n) is 4.24. The molecule has 0 atom stereocenters. The summed E-state index contributed by atoms with van der Waals surface area (Å²) in [4.78, 5) is 7.82. The number of nitrogens with two attached hydrogens (primary N) is 1. The van der Waals surface area contributed by atoms with Crippen molar-refractivity contribution in [3.8, 4) is 11.3 Å². The Morgan fingerprint density at radius 2 is 1.82 bits per heavy atom. The van der Waals surface area contributed by atoms with Crippen molar-refractivity contribution in [3.63, 3.8) is 0 Å². The maximum Gasteiger partial charge on any atom is 0.264 e. The van der Waals surface area contributed by atoms with E-state index in [4.69, 9.17) is 10.8 Å². The maximum atomic E-state index is 15.0. The van der Waals surface area contributed by atoms with Gasteiger partial charge in [-0.15, -0.1) is 0 Å². The van der Waals surface area contributed by atoms with Crippen LogP contribution in [0.25, 0.3) is 22.3 Å². The van der Waals surface area contributed by atoms with Gasteiger partial charge >= 0.3 is 0 Å². The van der Waals surface area contributed by atoms with E-state index in [-0.39, 0.29) is 17.5 Å². The first-order valence-electron chi connectivity index (χ1n) is 10.5. The van der Waals surface area contributed by atoms with Gasteiger partial charge in [0.25, 0.3) is 10.0 Å². The van der Waals surface area contributed by atoms with Crippen molar-refractivity contribution in [2.45, 2.75) is 36.6 Å². The Hall–Kier alpha value is -3.12. The maximum absolute atomic E-state index is 15.0. The summed E-state index contributed by atoms with van der Waals surface area (Å²) in [5.41, 5.74) is 7.17. The Morgan fingerprint density at radius 3 is 2.53 bits per heavy atom. The molecular weight excluding hydrogens is 530 g/mol. The fourth-order valence-corrected chi connectivity index (χ4v) is 5.70. The molecule has 2 heterocycles. The van der Waals surface area contributed by atoms with Crippen LogP contribution in [0.5, 0.6) is 0 Å². The van der Waals surface area contributed by atoms with Crippen molar-refractivity contribution in [1.29, 1.82) is 0 Å². The first-order chi connectivity index (χ1) is 16.2. The second kappa shape index (κ2) is 8.58. The number of sulfonamides is 1. The van der Waals surface area contributed by atoms with Crippen LogP contribution in [0.3, 0.4) is 0 Å². The molecule has 4 aromatic rings. The molecule has 0 unspecified atom stereocenters. The molecule has 8 nitrogen and oxygen atoms in total. The summed E-state index contributed by atoms with van der Waals surface area (Å²) >= 11 is 3.08. The molecule has 0 amide bonds. The van der Waals surface area contributed by atoms with Crippen LogP contribution >= 0.6 is 15.9 Å². The summed E-state index contributed by atoms with van der Waals surface area (Å²) in [6.45, 7) is 0. The van der Waals surface area contributed by atoms with Gasteiger partial charge in [-0.25, -0.2) is 31.8 Å². The van der Waals surface area contributed by atoms with Gasteiger partial charge in [0, 0.05) is 10.0 Å². The molecule has 2 aromatic carbocycles.